The molecule has 6 heteroatoms. The van der Waals surface area contributed by atoms with Crippen LogP contribution in [0.25, 0.3) is 0 Å². The summed E-state index contributed by atoms with van der Waals surface area (Å²) in [6.07, 6.45) is 3.90. The first-order valence-electron chi connectivity index (χ1n) is 6.01. The Morgan fingerprint density at radius 2 is 2.22 bits per heavy atom. The molecule has 0 bridgehead atoms. The largest absolute Gasteiger partial charge is 0.313 e. The van der Waals surface area contributed by atoms with Crippen molar-refractivity contribution in [1.82, 2.24) is 24.9 Å². The molecule has 98 valence electrons. The molecule has 0 saturated carbocycles. The molecule has 5 nitrogen and oxygen atoms in total. The van der Waals surface area contributed by atoms with Crippen LogP contribution in [0.4, 0.5) is 0 Å². The Bertz CT molecular complexity index is 529. The minimum atomic E-state index is 0.641. The summed E-state index contributed by atoms with van der Waals surface area (Å²) in [4.78, 5) is 0. The standard InChI is InChI=1S/C12H18ClN5/c1-4-14-5-10-6-15-18(7-10)8-11-12(13)9(2)16-17(11)3/h6-7,14H,4-5,8H2,1-3H3. The maximum absolute atomic E-state index is 6.22. The predicted molar refractivity (Wildman–Crippen MR) is 71.7 cm³/mol. The van der Waals surface area contributed by atoms with Crippen LogP contribution in [0.15, 0.2) is 12.4 Å². The van der Waals surface area contributed by atoms with E-state index in [0.717, 1.165) is 29.5 Å². The number of halogens is 1. The van der Waals surface area contributed by atoms with E-state index < -0.39 is 0 Å². The number of rotatable bonds is 5. The van der Waals surface area contributed by atoms with Crippen LogP contribution >= 0.6 is 11.6 Å². The molecule has 2 heterocycles. The third-order valence-corrected chi connectivity index (χ3v) is 3.33. The zero-order valence-electron chi connectivity index (χ0n) is 10.9. The van der Waals surface area contributed by atoms with Gasteiger partial charge in [-0.1, -0.05) is 18.5 Å². The summed E-state index contributed by atoms with van der Waals surface area (Å²) in [6, 6.07) is 0. The lowest BCUT2D eigenvalue weighted by molar-refractivity contribution is 0.618. The van der Waals surface area contributed by atoms with Gasteiger partial charge in [-0.3, -0.25) is 9.36 Å². The van der Waals surface area contributed by atoms with Crippen LogP contribution in [0.1, 0.15) is 23.9 Å². The normalized spacial score (nSPS) is 11.1. The Balaban J connectivity index is 2.11. The van der Waals surface area contributed by atoms with Crippen LogP contribution in [-0.4, -0.2) is 26.1 Å². The van der Waals surface area contributed by atoms with E-state index in [-0.39, 0.29) is 0 Å². The van der Waals surface area contributed by atoms with E-state index in [1.165, 1.54) is 5.56 Å². The molecule has 0 aliphatic carbocycles. The van der Waals surface area contributed by atoms with Gasteiger partial charge < -0.3 is 5.32 Å². The smallest absolute Gasteiger partial charge is 0.0866 e. The van der Waals surface area contributed by atoms with E-state index in [1.807, 2.05) is 35.7 Å². The number of aromatic nitrogens is 4. The number of nitrogens with one attached hydrogen (secondary N) is 1. The molecule has 0 spiro atoms. The molecule has 0 aliphatic heterocycles. The molecule has 0 aliphatic rings. The summed E-state index contributed by atoms with van der Waals surface area (Å²) in [5.41, 5.74) is 3.01. The second-order valence-electron chi connectivity index (χ2n) is 4.30. The van der Waals surface area contributed by atoms with Crippen LogP contribution in [0.3, 0.4) is 0 Å². The van der Waals surface area contributed by atoms with Gasteiger partial charge in [0.2, 0.25) is 0 Å². The quantitative estimate of drug-likeness (QED) is 0.898. The number of nitrogens with zero attached hydrogens (tertiary/aromatic N) is 4. The maximum atomic E-state index is 6.22. The monoisotopic (exact) mass is 267 g/mol. The highest BCUT2D eigenvalue weighted by Gasteiger charge is 2.11. The molecule has 0 atom stereocenters. The Hall–Kier alpha value is -1.33. The van der Waals surface area contributed by atoms with E-state index >= 15 is 0 Å². The van der Waals surface area contributed by atoms with Crippen molar-refractivity contribution in [3.8, 4) is 0 Å². The maximum Gasteiger partial charge on any atom is 0.0866 e. The second kappa shape index (κ2) is 5.54. The van der Waals surface area contributed by atoms with E-state index in [0.29, 0.717) is 6.54 Å². The Labute approximate surface area is 112 Å². The fourth-order valence-electron chi connectivity index (χ4n) is 1.86. The van der Waals surface area contributed by atoms with Crippen molar-refractivity contribution in [2.45, 2.75) is 26.9 Å². The first kappa shape index (κ1) is 13.1. The average Bonchev–Trinajstić information content (AvgIpc) is 2.88. The first-order valence-corrected chi connectivity index (χ1v) is 6.39. The molecule has 2 aromatic rings. The van der Waals surface area contributed by atoms with Crippen LogP contribution in [0.2, 0.25) is 5.02 Å². The van der Waals surface area contributed by atoms with Gasteiger partial charge in [0.1, 0.15) is 0 Å². The SMILES string of the molecule is CCNCc1cnn(Cc2c(Cl)c(C)nn2C)c1. The van der Waals surface area contributed by atoms with Gasteiger partial charge >= 0.3 is 0 Å². The van der Waals surface area contributed by atoms with Gasteiger partial charge in [0.25, 0.3) is 0 Å². The molecule has 2 aromatic heterocycles. The third kappa shape index (κ3) is 2.73. The van der Waals surface area contributed by atoms with E-state index in [9.17, 15) is 0 Å². The van der Waals surface area contributed by atoms with Crippen molar-refractivity contribution in [3.63, 3.8) is 0 Å². The van der Waals surface area contributed by atoms with E-state index in [2.05, 4.69) is 22.4 Å². The summed E-state index contributed by atoms with van der Waals surface area (Å²) in [5, 5.41) is 12.6. The van der Waals surface area contributed by atoms with Crippen molar-refractivity contribution >= 4 is 11.6 Å². The molecule has 0 aromatic carbocycles. The first-order chi connectivity index (χ1) is 8.61. The summed E-state index contributed by atoms with van der Waals surface area (Å²) in [5.74, 6) is 0. The van der Waals surface area contributed by atoms with Gasteiger partial charge in [0, 0.05) is 25.4 Å². The molecule has 0 radical (unpaired) electrons. The summed E-state index contributed by atoms with van der Waals surface area (Å²) in [7, 11) is 1.90. The third-order valence-electron chi connectivity index (χ3n) is 2.84. The van der Waals surface area contributed by atoms with E-state index in [4.69, 9.17) is 11.6 Å². The lowest BCUT2D eigenvalue weighted by Crippen LogP contribution is -2.11. The lowest BCUT2D eigenvalue weighted by Gasteiger charge is -2.03. The van der Waals surface area contributed by atoms with Gasteiger partial charge in [-0.2, -0.15) is 10.2 Å². The fourth-order valence-corrected chi connectivity index (χ4v) is 2.08. The Morgan fingerprint density at radius 1 is 1.44 bits per heavy atom. The minimum Gasteiger partial charge on any atom is -0.313 e. The van der Waals surface area contributed by atoms with Gasteiger partial charge in [0.05, 0.1) is 29.2 Å². The second-order valence-corrected chi connectivity index (χ2v) is 4.67. The van der Waals surface area contributed by atoms with Crippen molar-refractivity contribution in [3.05, 3.63) is 34.4 Å². The molecule has 0 amide bonds. The number of aryl methyl sites for hydroxylation is 2. The minimum absolute atomic E-state index is 0.641. The van der Waals surface area contributed by atoms with Gasteiger partial charge in [-0.25, -0.2) is 0 Å². The zero-order valence-corrected chi connectivity index (χ0v) is 11.7. The molecular formula is C12H18ClN5. The summed E-state index contributed by atoms with van der Waals surface area (Å²) in [6.45, 7) is 6.43. The lowest BCUT2D eigenvalue weighted by atomic mass is 10.3. The number of hydrogen-bond acceptors (Lipinski definition) is 3. The topological polar surface area (TPSA) is 47.7 Å². The molecule has 0 saturated heterocycles. The molecule has 0 unspecified atom stereocenters. The van der Waals surface area contributed by atoms with Crippen molar-refractivity contribution < 1.29 is 0 Å². The molecule has 2 rings (SSSR count). The molecule has 18 heavy (non-hydrogen) atoms. The summed E-state index contributed by atoms with van der Waals surface area (Å²) < 4.78 is 3.69. The zero-order chi connectivity index (χ0) is 13.1. The van der Waals surface area contributed by atoms with Crippen LogP contribution < -0.4 is 5.32 Å². The average molecular weight is 268 g/mol. The van der Waals surface area contributed by atoms with Gasteiger partial charge in [-0.15, -0.1) is 0 Å². The Kier molecular flexibility index (Phi) is 4.04. The van der Waals surface area contributed by atoms with Crippen molar-refractivity contribution in [2.75, 3.05) is 6.54 Å². The fraction of sp³-hybridized carbons (Fsp3) is 0.500. The van der Waals surface area contributed by atoms with Crippen LogP contribution in [0, 0.1) is 6.92 Å². The molecule has 0 fully saturated rings. The molecule has 1 N–H and O–H groups in total. The van der Waals surface area contributed by atoms with Gasteiger partial charge in [0.15, 0.2) is 0 Å². The summed E-state index contributed by atoms with van der Waals surface area (Å²) >= 11 is 6.22. The predicted octanol–water partition coefficient (Wildman–Crippen LogP) is 1.74. The van der Waals surface area contributed by atoms with Crippen LogP contribution in [0.5, 0.6) is 0 Å². The highest BCUT2D eigenvalue weighted by atomic mass is 35.5. The van der Waals surface area contributed by atoms with Crippen molar-refractivity contribution in [1.29, 1.82) is 0 Å². The van der Waals surface area contributed by atoms with Crippen LogP contribution in [-0.2, 0) is 20.1 Å². The van der Waals surface area contributed by atoms with Gasteiger partial charge in [-0.05, 0) is 13.5 Å². The highest BCUT2D eigenvalue weighted by molar-refractivity contribution is 6.31. The van der Waals surface area contributed by atoms with Crippen molar-refractivity contribution in [2.24, 2.45) is 7.05 Å². The Morgan fingerprint density at radius 3 is 2.83 bits per heavy atom. The molecular weight excluding hydrogens is 250 g/mol. The number of hydrogen-bond donors (Lipinski definition) is 1. The van der Waals surface area contributed by atoms with E-state index in [1.54, 1.807) is 0 Å². The highest BCUT2D eigenvalue weighted by Crippen LogP contribution is 2.20.